The average molecular weight is 251 g/mol. The molecule has 1 aliphatic rings. The lowest BCUT2D eigenvalue weighted by molar-refractivity contribution is -0.130. The van der Waals surface area contributed by atoms with Crippen LogP contribution in [0, 0.1) is 0 Å². The standard InChI is InChI=1S/C12H17N3O3/c1-12(7-13-8-12)18-6-10(16)14-9-3-4-11(17)15(2)5-9/h3-5,13H,6-8H2,1-2H3,(H,14,16). The molecule has 98 valence electrons. The number of hydrogen-bond acceptors (Lipinski definition) is 4. The Bertz CT molecular complexity index is 506. The zero-order chi connectivity index (χ0) is 13.2. The average Bonchev–Trinajstić information content (AvgIpc) is 2.29. The maximum absolute atomic E-state index is 11.7. The molecule has 1 aromatic heterocycles. The van der Waals surface area contributed by atoms with E-state index in [4.69, 9.17) is 4.74 Å². The van der Waals surface area contributed by atoms with Crippen molar-refractivity contribution in [3.8, 4) is 0 Å². The second kappa shape index (κ2) is 4.91. The van der Waals surface area contributed by atoms with Crippen LogP contribution in [0.3, 0.4) is 0 Å². The molecule has 0 radical (unpaired) electrons. The van der Waals surface area contributed by atoms with Gasteiger partial charge >= 0.3 is 0 Å². The van der Waals surface area contributed by atoms with Crippen molar-refractivity contribution in [2.45, 2.75) is 12.5 Å². The summed E-state index contributed by atoms with van der Waals surface area (Å²) in [4.78, 5) is 22.8. The largest absolute Gasteiger partial charge is 0.363 e. The lowest BCUT2D eigenvalue weighted by Crippen LogP contribution is -2.59. The Kier molecular flexibility index (Phi) is 3.49. The molecule has 1 aromatic rings. The number of carbonyl (C=O) groups is 1. The highest BCUT2D eigenvalue weighted by atomic mass is 16.5. The van der Waals surface area contributed by atoms with Crippen molar-refractivity contribution in [1.29, 1.82) is 0 Å². The van der Waals surface area contributed by atoms with Crippen LogP contribution in [0.2, 0.25) is 0 Å². The molecule has 18 heavy (non-hydrogen) atoms. The number of rotatable bonds is 4. The Labute approximate surface area is 105 Å². The van der Waals surface area contributed by atoms with Crippen LogP contribution in [0.1, 0.15) is 6.92 Å². The van der Waals surface area contributed by atoms with Gasteiger partial charge in [-0.2, -0.15) is 0 Å². The van der Waals surface area contributed by atoms with E-state index in [-0.39, 0.29) is 23.7 Å². The smallest absolute Gasteiger partial charge is 0.250 e. The maximum Gasteiger partial charge on any atom is 0.250 e. The number of ether oxygens (including phenoxy) is 1. The molecule has 0 atom stereocenters. The number of anilines is 1. The summed E-state index contributed by atoms with van der Waals surface area (Å²) in [6.45, 7) is 3.50. The molecule has 2 heterocycles. The summed E-state index contributed by atoms with van der Waals surface area (Å²) >= 11 is 0. The first-order valence-corrected chi connectivity index (χ1v) is 5.80. The number of aromatic nitrogens is 1. The van der Waals surface area contributed by atoms with Gasteiger partial charge in [-0.25, -0.2) is 0 Å². The van der Waals surface area contributed by atoms with E-state index in [1.165, 1.54) is 10.6 Å². The second-order valence-corrected chi connectivity index (χ2v) is 4.76. The van der Waals surface area contributed by atoms with Crippen LogP contribution in [-0.4, -0.2) is 35.8 Å². The third-order valence-electron chi connectivity index (χ3n) is 2.92. The number of carbonyl (C=O) groups excluding carboxylic acids is 1. The van der Waals surface area contributed by atoms with Gasteiger partial charge in [-0.1, -0.05) is 0 Å². The van der Waals surface area contributed by atoms with Crippen LogP contribution in [0.5, 0.6) is 0 Å². The lowest BCUT2D eigenvalue weighted by atomic mass is 10.0. The molecule has 1 amide bonds. The van der Waals surface area contributed by atoms with Crippen molar-refractivity contribution in [2.75, 3.05) is 25.0 Å². The van der Waals surface area contributed by atoms with E-state index < -0.39 is 0 Å². The SMILES string of the molecule is Cn1cc(NC(=O)COC2(C)CNC2)ccc1=O. The van der Waals surface area contributed by atoms with Crippen LogP contribution in [-0.2, 0) is 16.6 Å². The molecule has 0 unspecified atom stereocenters. The summed E-state index contributed by atoms with van der Waals surface area (Å²) < 4.78 is 6.92. The Balaban J connectivity index is 1.86. The molecule has 1 saturated heterocycles. The normalized spacial score (nSPS) is 17.0. The van der Waals surface area contributed by atoms with Gasteiger partial charge in [-0.05, 0) is 13.0 Å². The topological polar surface area (TPSA) is 72.4 Å². The maximum atomic E-state index is 11.7. The molecule has 2 rings (SSSR count). The highest BCUT2D eigenvalue weighted by Gasteiger charge is 2.32. The highest BCUT2D eigenvalue weighted by molar-refractivity contribution is 5.91. The molecule has 6 nitrogen and oxygen atoms in total. The minimum atomic E-state index is -0.235. The molecule has 1 fully saturated rings. The minimum absolute atomic E-state index is 0.0149. The minimum Gasteiger partial charge on any atom is -0.363 e. The van der Waals surface area contributed by atoms with Gasteiger partial charge in [0, 0.05) is 32.4 Å². The van der Waals surface area contributed by atoms with Crippen LogP contribution in [0.25, 0.3) is 0 Å². The number of hydrogen-bond donors (Lipinski definition) is 2. The van der Waals surface area contributed by atoms with Crippen molar-refractivity contribution >= 4 is 11.6 Å². The first-order chi connectivity index (χ1) is 8.48. The van der Waals surface area contributed by atoms with Crippen molar-refractivity contribution in [2.24, 2.45) is 7.05 Å². The molecular formula is C12H17N3O3. The predicted octanol–water partition coefficient (Wildman–Crippen LogP) is -0.298. The van der Waals surface area contributed by atoms with Gasteiger partial charge in [0.15, 0.2) is 0 Å². The zero-order valence-corrected chi connectivity index (χ0v) is 10.5. The van der Waals surface area contributed by atoms with E-state index in [1.54, 1.807) is 19.3 Å². The number of nitrogens with zero attached hydrogens (tertiary/aromatic N) is 1. The van der Waals surface area contributed by atoms with Gasteiger partial charge in [0.25, 0.3) is 0 Å². The first-order valence-electron chi connectivity index (χ1n) is 5.80. The number of aryl methyl sites for hydroxylation is 1. The molecule has 0 spiro atoms. The van der Waals surface area contributed by atoms with E-state index in [9.17, 15) is 9.59 Å². The van der Waals surface area contributed by atoms with E-state index in [0.717, 1.165) is 13.1 Å². The quantitative estimate of drug-likeness (QED) is 0.771. The Morgan fingerprint density at radius 2 is 2.28 bits per heavy atom. The summed E-state index contributed by atoms with van der Waals surface area (Å²) in [5.74, 6) is -0.221. The fraction of sp³-hybridized carbons (Fsp3) is 0.500. The van der Waals surface area contributed by atoms with Gasteiger partial charge in [0.05, 0.1) is 11.3 Å². The fourth-order valence-electron chi connectivity index (χ4n) is 1.68. The van der Waals surface area contributed by atoms with Crippen LogP contribution in [0.15, 0.2) is 23.1 Å². The summed E-state index contributed by atoms with van der Waals surface area (Å²) in [5, 5.41) is 5.78. The molecule has 0 bridgehead atoms. The van der Waals surface area contributed by atoms with Crippen molar-refractivity contribution in [1.82, 2.24) is 9.88 Å². The summed E-state index contributed by atoms with van der Waals surface area (Å²) in [6, 6.07) is 2.99. The van der Waals surface area contributed by atoms with Crippen LogP contribution >= 0.6 is 0 Å². The molecule has 1 aliphatic heterocycles. The fourth-order valence-corrected chi connectivity index (χ4v) is 1.68. The zero-order valence-electron chi connectivity index (χ0n) is 10.5. The molecular weight excluding hydrogens is 234 g/mol. The number of nitrogens with one attached hydrogen (secondary N) is 2. The van der Waals surface area contributed by atoms with Crippen LogP contribution in [0.4, 0.5) is 5.69 Å². The number of pyridine rings is 1. The Hall–Kier alpha value is -1.66. The monoisotopic (exact) mass is 251 g/mol. The first kappa shape index (κ1) is 12.8. The third kappa shape index (κ3) is 2.96. The van der Waals surface area contributed by atoms with Crippen molar-refractivity contribution in [3.63, 3.8) is 0 Å². The van der Waals surface area contributed by atoms with Gasteiger partial charge in [-0.3, -0.25) is 9.59 Å². The van der Waals surface area contributed by atoms with Crippen molar-refractivity contribution < 1.29 is 9.53 Å². The van der Waals surface area contributed by atoms with E-state index in [0.29, 0.717) is 5.69 Å². The molecule has 0 saturated carbocycles. The predicted molar refractivity (Wildman–Crippen MR) is 67.5 cm³/mol. The van der Waals surface area contributed by atoms with Gasteiger partial charge in [0.1, 0.15) is 6.61 Å². The Morgan fingerprint density at radius 1 is 1.56 bits per heavy atom. The Morgan fingerprint density at radius 3 is 2.83 bits per heavy atom. The van der Waals surface area contributed by atoms with E-state index in [1.807, 2.05) is 6.92 Å². The lowest BCUT2D eigenvalue weighted by Gasteiger charge is -2.38. The van der Waals surface area contributed by atoms with E-state index in [2.05, 4.69) is 10.6 Å². The van der Waals surface area contributed by atoms with Gasteiger partial charge < -0.3 is 19.9 Å². The highest BCUT2D eigenvalue weighted by Crippen LogP contribution is 2.14. The molecule has 2 N–H and O–H groups in total. The molecule has 0 aliphatic carbocycles. The second-order valence-electron chi connectivity index (χ2n) is 4.76. The van der Waals surface area contributed by atoms with Gasteiger partial charge in [0.2, 0.25) is 11.5 Å². The van der Waals surface area contributed by atoms with Crippen molar-refractivity contribution in [3.05, 3.63) is 28.7 Å². The van der Waals surface area contributed by atoms with Crippen LogP contribution < -0.4 is 16.2 Å². The third-order valence-corrected chi connectivity index (χ3v) is 2.92. The van der Waals surface area contributed by atoms with E-state index >= 15 is 0 Å². The van der Waals surface area contributed by atoms with Gasteiger partial charge in [-0.15, -0.1) is 0 Å². The number of amides is 1. The summed E-state index contributed by atoms with van der Waals surface area (Å²) in [7, 11) is 1.63. The molecule has 0 aromatic carbocycles. The summed E-state index contributed by atoms with van der Waals surface area (Å²) in [6.07, 6.45) is 1.58. The molecule has 6 heteroatoms. The summed E-state index contributed by atoms with van der Waals surface area (Å²) in [5.41, 5.74) is 0.237.